The molecule has 0 radical (unpaired) electrons. The van der Waals surface area contributed by atoms with Crippen LogP contribution in [0.5, 0.6) is 0 Å². The molecule has 0 amide bonds. The first-order chi connectivity index (χ1) is 16.6. The molecular weight excluding hydrogens is 479 g/mol. The molecule has 3 rings (SSSR count). The van der Waals surface area contributed by atoms with Crippen LogP contribution in [0.1, 0.15) is 36.5 Å². The predicted molar refractivity (Wildman–Crippen MR) is 132 cm³/mol. The number of nitrogens with two attached hydrogens (primary N) is 1. The van der Waals surface area contributed by atoms with Gasteiger partial charge >= 0.3 is 6.18 Å². The average Bonchev–Trinajstić information content (AvgIpc) is 2.80. The van der Waals surface area contributed by atoms with Gasteiger partial charge in [-0.05, 0) is 55.8 Å². The normalized spacial score (nSPS) is 11.5. The Bertz CT molecular complexity index is 1270. The minimum absolute atomic E-state index is 0.0163. The molecule has 0 fully saturated rings. The van der Waals surface area contributed by atoms with E-state index >= 15 is 0 Å². The van der Waals surface area contributed by atoms with E-state index in [0.29, 0.717) is 11.3 Å². The van der Waals surface area contributed by atoms with Crippen molar-refractivity contribution in [2.75, 3.05) is 22.9 Å². The number of anilines is 4. The molecule has 0 aliphatic rings. The summed E-state index contributed by atoms with van der Waals surface area (Å²) in [6.45, 7) is 4.60. The van der Waals surface area contributed by atoms with Crippen molar-refractivity contribution in [3.63, 3.8) is 0 Å². The molecule has 0 atom stereocenters. The van der Waals surface area contributed by atoms with E-state index < -0.39 is 11.7 Å². The zero-order valence-corrected chi connectivity index (χ0v) is 19.8. The van der Waals surface area contributed by atoms with Crippen LogP contribution in [0.15, 0.2) is 52.7 Å². The Morgan fingerprint density at radius 1 is 1.11 bits per heavy atom. The van der Waals surface area contributed by atoms with Crippen molar-refractivity contribution in [2.24, 2.45) is 10.2 Å². The smallest absolute Gasteiger partial charge is 0.385 e. The number of nitrogens with one attached hydrogen (secondary N) is 2. The Labute approximate surface area is 205 Å². The van der Waals surface area contributed by atoms with E-state index in [0.717, 1.165) is 43.3 Å². The Hall–Kier alpha value is -3.84. The summed E-state index contributed by atoms with van der Waals surface area (Å²) in [6, 6.07) is 12.3. The van der Waals surface area contributed by atoms with Crippen molar-refractivity contribution < 1.29 is 13.2 Å². The Morgan fingerprint density at radius 3 is 2.43 bits per heavy atom. The highest BCUT2D eigenvalue weighted by Crippen LogP contribution is 2.38. The van der Waals surface area contributed by atoms with Gasteiger partial charge in [0, 0.05) is 23.5 Å². The number of hydrogen-bond acceptors (Lipinski definition) is 7. The van der Waals surface area contributed by atoms with Gasteiger partial charge in [-0.1, -0.05) is 24.9 Å². The lowest BCUT2D eigenvalue weighted by molar-refractivity contribution is -0.137. The van der Waals surface area contributed by atoms with Crippen LogP contribution in [0.4, 0.5) is 47.6 Å². The monoisotopic (exact) mass is 501 g/mol. The summed E-state index contributed by atoms with van der Waals surface area (Å²) in [6.07, 6.45) is -2.40. The molecule has 1 aromatic heterocycles. The van der Waals surface area contributed by atoms with E-state index in [1.54, 1.807) is 6.92 Å². The molecule has 0 bridgehead atoms. The van der Waals surface area contributed by atoms with Gasteiger partial charge in [0.2, 0.25) is 0 Å². The van der Waals surface area contributed by atoms with Gasteiger partial charge in [-0.3, -0.25) is 0 Å². The fourth-order valence-corrected chi connectivity index (χ4v) is 3.31. The maximum Gasteiger partial charge on any atom is 0.416 e. The van der Waals surface area contributed by atoms with Crippen LogP contribution in [0.25, 0.3) is 0 Å². The van der Waals surface area contributed by atoms with Gasteiger partial charge < -0.3 is 16.4 Å². The van der Waals surface area contributed by atoms with Gasteiger partial charge in [0.1, 0.15) is 17.4 Å². The lowest BCUT2D eigenvalue weighted by Crippen LogP contribution is -2.04. The first-order valence-corrected chi connectivity index (χ1v) is 11.1. The number of azo groups is 1. The van der Waals surface area contributed by atoms with Crippen molar-refractivity contribution in [3.05, 3.63) is 64.2 Å². The lowest BCUT2D eigenvalue weighted by Gasteiger charge is -2.13. The van der Waals surface area contributed by atoms with E-state index in [1.165, 1.54) is 0 Å². The van der Waals surface area contributed by atoms with E-state index in [4.69, 9.17) is 17.3 Å². The van der Waals surface area contributed by atoms with Gasteiger partial charge in [-0.25, -0.2) is 4.98 Å². The summed E-state index contributed by atoms with van der Waals surface area (Å²) in [5.74, 6) is 0.180. The summed E-state index contributed by atoms with van der Waals surface area (Å²) in [4.78, 5) is 4.24. The minimum Gasteiger partial charge on any atom is -0.385 e. The molecule has 4 N–H and O–H groups in total. The molecule has 2 aromatic carbocycles. The largest absolute Gasteiger partial charge is 0.416 e. The van der Waals surface area contributed by atoms with Gasteiger partial charge in [0.15, 0.2) is 11.6 Å². The van der Waals surface area contributed by atoms with Crippen LogP contribution in [0.2, 0.25) is 5.02 Å². The summed E-state index contributed by atoms with van der Waals surface area (Å²) in [5.41, 5.74) is 7.23. The zero-order valence-electron chi connectivity index (χ0n) is 19.0. The third kappa shape index (κ3) is 6.39. The number of halogens is 4. The first-order valence-electron chi connectivity index (χ1n) is 10.7. The SMILES string of the molecule is CCCCNc1ccc(Nc2nc(N)c(/N=N/c3cc(C(F)(F)F)ccc3Cl)c(C)c2C#N)cc1. The van der Waals surface area contributed by atoms with Gasteiger partial charge in [-0.15, -0.1) is 10.2 Å². The predicted octanol–water partition coefficient (Wildman–Crippen LogP) is 7.89. The molecule has 3 aromatic rings. The van der Waals surface area contributed by atoms with E-state index in [-0.39, 0.29) is 33.6 Å². The molecule has 0 aliphatic heterocycles. The topological polar surface area (TPSA) is 111 Å². The third-order valence-corrected chi connectivity index (χ3v) is 5.41. The molecule has 0 saturated carbocycles. The fourth-order valence-electron chi connectivity index (χ4n) is 3.16. The number of unbranched alkanes of at least 4 members (excludes halogenated alkanes) is 1. The minimum atomic E-state index is -4.56. The second-order valence-corrected chi connectivity index (χ2v) is 8.06. The molecule has 0 aliphatic carbocycles. The number of nitrogens with zero attached hydrogens (tertiary/aromatic N) is 4. The number of alkyl halides is 3. The van der Waals surface area contributed by atoms with E-state index in [9.17, 15) is 18.4 Å². The van der Waals surface area contributed by atoms with Crippen LogP contribution in [0, 0.1) is 18.3 Å². The highest BCUT2D eigenvalue weighted by molar-refractivity contribution is 6.33. The van der Waals surface area contributed by atoms with Crippen molar-refractivity contribution in [2.45, 2.75) is 32.9 Å². The van der Waals surface area contributed by atoms with Crippen molar-refractivity contribution >= 4 is 46.0 Å². The maximum atomic E-state index is 13.0. The van der Waals surface area contributed by atoms with Gasteiger partial charge in [-0.2, -0.15) is 18.4 Å². The van der Waals surface area contributed by atoms with Crippen LogP contribution in [0.3, 0.4) is 0 Å². The molecular formula is C24H23ClF3N7. The number of aromatic nitrogens is 1. The molecule has 0 saturated heterocycles. The van der Waals surface area contributed by atoms with Crippen LogP contribution >= 0.6 is 11.6 Å². The Morgan fingerprint density at radius 2 is 1.80 bits per heavy atom. The van der Waals surface area contributed by atoms with E-state index in [2.05, 4.69) is 38.8 Å². The summed E-state index contributed by atoms with van der Waals surface area (Å²) in [7, 11) is 0. The highest BCUT2D eigenvalue weighted by atomic mass is 35.5. The molecule has 7 nitrogen and oxygen atoms in total. The fraction of sp³-hybridized carbons (Fsp3) is 0.250. The standard InChI is InChI=1S/C24H23ClF3N7/c1-3-4-11-31-16-6-8-17(9-7-16)32-23-18(13-29)14(2)21(22(30)33-23)35-34-20-12-15(24(26,27)28)5-10-19(20)25/h5-10,12,31H,3-4,11H2,1-2H3,(H3,30,32,33)/b35-34+. The van der Waals surface area contributed by atoms with Gasteiger partial charge in [0.25, 0.3) is 0 Å². The number of nitriles is 1. The zero-order chi connectivity index (χ0) is 25.6. The second kappa shape index (κ2) is 11.1. The first kappa shape index (κ1) is 25.8. The lowest BCUT2D eigenvalue weighted by atomic mass is 10.1. The van der Waals surface area contributed by atoms with Gasteiger partial charge in [0.05, 0.1) is 16.1 Å². The number of rotatable bonds is 8. The molecule has 0 unspecified atom stereocenters. The Kier molecular flexibility index (Phi) is 8.14. The van der Waals surface area contributed by atoms with Crippen molar-refractivity contribution in [1.29, 1.82) is 5.26 Å². The number of benzene rings is 2. The number of pyridine rings is 1. The molecule has 0 spiro atoms. The van der Waals surface area contributed by atoms with E-state index in [1.807, 2.05) is 24.3 Å². The highest BCUT2D eigenvalue weighted by Gasteiger charge is 2.31. The number of nitrogen functional groups attached to an aromatic ring is 1. The van der Waals surface area contributed by atoms with Crippen LogP contribution in [-0.2, 0) is 6.18 Å². The van der Waals surface area contributed by atoms with Crippen LogP contribution < -0.4 is 16.4 Å². The molecule has 35 heavy (non-hydrogen) atoms. The number of hydrogen-bond donors (Lipinski definition) is 3. The molecule has 1 heterocycles. The third-order valence-electron chi connectivity index (χ3n) is 5.09. The summed E-state index contributed by atoms with van der Waals surface area (Å²) >= 11 is 5.98. The Balaban J connectivity index is 1.88. The second-order valence-electron chi connectivity index (χ2n) is 7.65. The van der Waals surface area contributed by atoms with Crippen LogP contribution in [-0.4, -0.2) is 11.5 Å². The molecule has 182 valence electrons. The average molecular weight is 502 g/mol. The quantitative estimate of drug-likeness (QED) is 0.214. The molecule has 11 heteroatoms. The van der Waals surface area contributed by atoms with Crippen molar-refractivity contribution in [1.82, 2.24) is 4.98 Å². The summed E-state index contributed by atoms with van der Waals surface area (Å²) < 4.78 is 39.0. The van der Waals surface area contributed by atoms with Crippen molar-refractivity contribution in [3.8, 4) is 6.07 Å². The maximum absolute atomic E-state index is 13.0. The summed E-state index contributed by atoms with van der Waals surface area (Å²) in [5, 5.41) is 23.9.